The van der Waals surface area contributed by atoms with Crippen molar-refractivity contribution in [3.8, 4) is 0 Å². The van der Waals surface area contributed by atoms with Crippen LogP contribution in [0.15, 0.2) is 35.3 Å². The number of rotatable bonds is 4. The minimum absolute atomic E-state index is 0.153. The Morgan fingerprint density at radius 3 is 2.84 bits per heavy atom. The highest BCUT2D eigenvalue weighted by molar-refractivity contribution is 6.29. The lowest BCUT2D eigenvalue weighted by Crippen LogP contribution is -2.26. The van der Waals surface area contributed by atoms with Gasteiger partial charge in [0.2, 0.25) is 0 Å². The molecule has 0 saturated carbocycles. The molecule has 0 saturated heterocycles. The molecule has 0 aliphatic carbocycles. The quantitative estimate of drug-likeness (QED) is 0.800. The lowest BCUT2D eigenvalue weighted by molar-refractivity contribution is 0.627. The maximum absolute atomic E-state index is 12.0. The summed E-state index contributed by atoms with van der Waals surface area (Å²) in [5.74, 6) is 0. The second kappa shape index (κ2) is 5.84. The Bertz CT molecular complexity index is 626. The second-order valence-electron chi connectivity index (χ2n) is 4.18. The highest BCUT2D eigenvalue weighted by Gasteiger charge is 2.05. The van der Waals surface area contributed by atoms with Crippen LogP contribution in [0.4, 0.5) is 5.69 Å². The molecule has 2 aromatic heterocycles. The molecule has 2 rings (SSSR count). The van der Waals surface area contributed by atoms with Crippen LogP contribution < -0.4 is 10.5 Å². The molecule has 0 unspecified atom stereocenters. The van der Waals surface area contributed by atoms with Crippen molar-refractivity contribution >= 4 is 17.3 Å². The molecule has 0 aliphatic heterocycles. The lowest BCUT2D eigenvalue weighted by Gasteiger charge is -2.16. The van der Waals surface area contributed by atoms with Gasteiger partial charge in [0.25, 0.3) is 5.56 Å². The van der Waals surface area contributed by atoms with Gasteiger partial charge in [-0.2, -0.15) is 5.10 Å². The summed E-state index contributed by atoms with van der Waals surface area (Å²) in [4.78, 5) is 18.1. The average molecular weight is 279 g/mol. The topological polar surface area (TPSA) is 51.0 Å². The van der Waals surface area contributed by atoms with Gasteiger partial charge >= 0.3 is 0 Å². The molecule has 0 N–H and O–H groups in total. The lowest BCUT2D eigenvalue weighted by atomic mass is 10.3. The summed E-state index contributed by atoms with van der Waals surface area (Å²) in [6, 6.07) is 6.88. The van der Waals surface area contributed by atoms with E-state index in [1.54, 1.807) is 24.4 Å². The first-order chi connectivity index (χ1) is 9.10. The van der Waals surface area contributed by atoms with E-state index in [9.17, 15) is 4.79 Å². The summed E-state index contributed by atoms with van der Waals surface area (Å²) >= 11 is 5.81. The van der Waals surface area contributed by atoms with Gasteiger partial charge in [-0.1, -0.05) is 17.7 Å². The van der Waals surface area contributed by atoms with Crippen molar-refractivity contribution in [2.24, 2.45) is 0 Å². The minimum Gasteiger partial charge on any atom is -0.373 e. The zero-order chi connectivity index (χ0) is 13.8. The first-order valence-electron chi connectivity index (χ1n) is 6.00. The van der Waals surface area contributed by atoms with E-state index in [1.165, 1.54) is 4.68 Å². The van der Waals surface area contributed by atoms with E-state index >= 15 is 0 Å². The maximum atomic E-state index is 12.0. The molecule has 0 atom stereocenters. The Kier molecular flexibility index (Phi) is 4.16. The van der Waals surface area contributed by atoms with Gasteiger partial charge in [0, 0.05) is 19.7 Å². The molecular formula is C13H15ClN4O. The molecule has 5 nitrogen and oxygen atoms in total. The normalized spacial score (nSPS) is 10.5. The van der Waals surface area contributed by atoms with Crippen molar-refractivity contribution in [1.29, 1.82) is 0 Å². The third-order valence-corrected chi connectivity index (χ3v) is 3.07. The van der Waals surface area contributed by atoms with Gasteiger partial charge in [0.15, 0.2) is 0 Å². The predicted molar refractivity (Wildman–Crippen MR) is 75.8 cm³/mol. The van der Waals surface area contributed by atoms with E-state index in [-0.39, 0.29) is 5.56 Å². The maximum Gasteiger partial charge on any atom is 0.269 e. The van der Waals surface area contributed by atoms with Crippen LogP contribution in [-0.4, -0.2) is 28.4 Å². The predicted octanol–water partition coefficient (Wildman–Crippen LogP) is 1.80. The van der Waals surface area contributed by atoms with Gasteiger partial charge in [-0.3, -0.25) is 4.79 Å². The van der Waals surface area contributed by atoms with Crippen LogP contribution in [0.1, 0.15) is 12.6 Å². The monoisotopic (exact) mass is 278 g/mol. The standard InChI is InChI=1S/C13H15ClN4O/c1-3-17(2)11-7-13(19)18(15-8-11)9-10-5-4-6-12(14)16-10/h4-8H,3,9H2,1-2H3. The molecule has 2 heterocycles. The first-order valence-corrected chi connectivity index (χ1v) is 6.37. The summed E-state index contributed by atoms with van der Waals surface area (Å²) in [5, 5.41) is 4.56. The molecule has 0 aromatic carbocycles. The third kappa shape index (κ3) is 3.32. The van der Waals surface area contributed by atoms with Crippen LogP contribution in [0.3, 0.4) is 0 Å². The Labute approximate surface area is 116 Å². The average Bonchev–Trinajstić information content (AvgIpc) is 2.40. The van der Waals surface area contributed by atoms with Gasteiger partial charge in [-0.25, -0.2) is 9.67 Å². The van der Waals surface area contributed by atoms with Crippen LogP contribution in [0.5, 0.6) is 0 Å². The van der Waals surface area contributed by atoms with Crippen molar-refractivity contribution in [1.82, 2.24) is 14.8 Å². The summed E-state index contributed by atoms with van der Waals surface area (Å²) in [7, 11) is 1.92. The molecule has 0 bridgehead atoms. The number of aromatic nitrogens is 3. The van der Waals surface area contributed by atoms with E-state index in [0.29, 0.717) is 17.4 Å². The van der Waals surface area contributed by atoms with E-state index in [4.69, 9.17) is 11.6 Å². The Morgan fingerprint density at radius 1 is 1.42 bits per heavy atom. The molecule has 0 aliphatic rings. The zero-order valence-corrected chi connectivity index (χ0v) is 11.6. The van der Waals surface area contributed by atoms with Crippen molar-refractivity contribution in [3.05, 3.63) is 51.7 Å². The molecular weight excluding hydrogens is 264 g/mol. The number of hydrogen-bond donors (Lipinski definition) is 0. The van der Waals surface area contributed by atoms with E-state index in [2.05, 4.69) is 10.1 Å². The molecule has 6 heteroatoms. The fourth-order valence-electron chi connectivity index (χ4n) is 1.63. The number of hydrogen-bond acceptors (Lipinski definition) is 4. The molecule has 0 amide bonds. The van der Waals surface area contributed by atoms with Crippen LogP contribution in [0, 0.1) is 0 Å². The minimum atomic E-state index is -0.153. The van der Waals surface area contributed by atoms with Crippen LogP contribution in [-0.2, 0) is 6.54 Å². The summed E-state index contributed by atoms with van der Waals surface area (Å²) in [5.41, 5.74) is 1.36. The molecule has 0 spiro atoms. The fraction of sp³-hybridized carbons (Fsp3) is 0.308. The molecule has 19 heavy (non-hydrogen) atoms. The van der Waals surface area contributed by atoms with E-state index < -0.39 is 0 Å². The Morgan fingerprint density at radius 2 is 2.21 bits per heavy atom. The van der Waals surface area contributed by atoms with Gasteiger partial charge in [0.1, 0.15) is 5.15 Å². The zero-order valence-electron chi connectivity index (χ0n) is 10.9. The summed E-state index contributed by atoms with van der Waals surface area (Å²) in [6.07, 6.45) is 1.68. The molecule has 0 radical (unpaired) electrons. The number of halogens is 1. The second-order valence-corrected chi connectivity index (χ2v) is 4.56. The van der Waals surface area contributed by atoms with Gasteiger partial charge < -0.3 is 4.90 Å². The summed E-state index contributed by atoms with van der Waals surface area (Å²) < 4.78 is 1.37. The van der Waals surface area contributed by atoms with E-state index in [0.717, 1.165) is 12.2 Å². The highest BCUT2D eigenvalue weighted by atomic mass is 35.5. The first kappa shape index (κ1) is 13.5. The van der Waals surface area contributed by atoms with Gasteiger partial charge in [0.05, 0.1) is 24.1 Å². The molecule has 100 valence electrons. The molecule has 0 fully saturated rings. The van der Waals surface area contributed by atoms with Crippen molar-refractivity contribution < 1.29 is 0 Å². The number of anilines is 1. The Hall–Kier alpha value is -1.88. The molecule has 2 aromatic rings. The largest absolute Gasteiger partial charge is 0.373 e. The van der Waals surface area contributed by atoms with Crippen molar-refractivity contribution in [2.45, 2.75) is 13.5 Å². The Balaban J connectivity index is 2.25. The van der Waals surface area contributed by atoms with Gasteiger partial charge in [-0.05, 0) is 19.1 Å². The third-order valence-electron chi connectivity index (χ3n) is 2.85. The van der Waals surface area contributed by atoms with Crippen molar-refractivity contribution in [2.75, 3.05) is 18.5 Å². The van der Waals surface area contributed by atoms with E-state index in [1.807, 2.05) is 24.9 Å². The number of nitrogens with zero attached hydrogens (tertiary/aromatic N) is 4. The smallest absolute Gasteiger partial charge is 0.269 e. The van der Waals surface area contributed by atoms with Gasteiger partial charge in [-0.15, -0.1) is 0 Å². The summed E-state index contributed by atoms with van der Waals surface area (Å²) in [6.45, 7) is 3.15. The highest BCUT2D eigenvalue weighted by Crippen LogP contribution is 2.08. The van der Waals surface area contributed by atoms with Crippen LogP contribution >= 0.6 is 11.6 Å². The van der Waals surface area contributed by atoms with Crippen LogP contribution in [0.25, 0.3) is 0 Å². The number of pyridine rings is 1. The SMILES string of the molecule is CCN(C)c1cnn(Cc2cccc(Cl)n2)c(=O)c1. The van der Waals surface area contributed by atoms with Crippen LogP contribution in [0.2, 0.25) is 5.15 Å². The van der Waals surface area contributed by atoms with Crippen molar-refractivity contribution in [3.63, 3.8) is 0 Å². The fourth-order valence-corrected chi connectivity index (χ4v) is 1.81.